The van der Waals surface area contributed by atoms with E-state index >= 15 is 0 Å². The van der Waals surface area contributed by atoms with E-state index in [4.69, 9.17) is 0 Å². The number of rotatable bonds is 3. The lowest BCUT2D eigenvalue weighted by Crippen LogP contribution is -2.55. The number of benzene rings is 1. The Labute approximate surface area is 117 Å². The third kappa shape index (κ3) is 2.85. The summed E-state index contributed by atoms with van der Waals surface area (Å²) in [6, 6.07) is 10.4. The van der Waals surface area contributed by atoms with Gasteiger partial charge in [-0.25, -0.2) is 0 Å². The lowest BCUT2D eigenvalue weighted by molar-refractivity contribution is 0.0604. The van der Waals surface area contributed by atoms with Crippen molar-refractivity contribution in [3.8, 4) is 0 Å². The van der Waals surface area contributed by atoms with E-state index in [0.717, 1.165) is 12.1 Å². The molecule has 0 N–H and O–H groups in total. The monoisotopic (exact) mass is 258 g/mol. The van der Waals surface area contributed by atoms with Crippen molar-refractivity contribution in [2.24, 2.45) is 0 Å². The third-order valence-electron chi connectivity index (χ3n) is 5.00. The maximum atomic E-state index is 2.71. The van der Waals surface area contributed by atoms with E-state index in [1.165, 1.54) is 56.6 Å². The van der Waals surface area contributed by atoms with Gasteiger partial charge in [-0.05, 0) is 50.8 Å². The van der Waals surface area contributed by atoms with Crippen LogP contribution in [0.2, 0.25) is 0 Å². The van der Waals surface area contributed by atoms with Gasteiger partial charge in [-0.2, -0.15) is 0 Å². The van der Waals surface area contributed by atoms with Crippen LogP contribution in [0.5, 0.6) is 0 Å². The van der Waals surface area contributed by atoms with E-state index < -0.39 is 0 Å². The Balaban J connectivity index is 1.59. The smallest absolute Gasteiger partial charge is 0.0224 e. The zero-order valence-corrected chi connectivity index (χ0v) is 12.3. The fourth-order valence-corrected chi connectivity index (χ4v) is 3.71. The molecular weight excluding hydrogens is 232 g/mol. The quantitative estimate of drug-likeness (QED) is 0.822. The number of hydrogen-bond acceptors (Lipinski definition) is 2. The van der Waals surface area contributed by atoms with Crippen LogP contribution in [0.25, 0.3) is 0 Å². The molecule has 0 aliphatic carbocycles. The van der Waals surface area contributed by atoms with Crippen molar-refractivity contribution >= 4 is 0 Å². The van der Waals surface area contributed by atoms with E-state index in [9.17, 15) is 0 Å². The molecule has 0 spiro atoms. The molecule has 0 bridgehead atoms. The molecule has 0 saturated carbocycles. The van der Waals surface area contributed by atoms with Gasteiger partial charge in [0.05, 0.1) is 0 Å². The summed E-state index contributed by atoms with van der Waals surface area (Å²) in [6.45, 7) is 9.74. The molecule has 19 heavy (non-hydrogen) atoms. The minimum Gasteiger partial charge on any atom is -0.298 e. The van der Waals surface area contributed by atoms with Crippen LogP contribution in [-0.4, -0.2) is 48.1 Å². The Morgan fingerprint density at radius 3 is 2.89 bits per heavy atom. The predicted molar refractivity (Wildman–Crippen MR) is 80.5 cm³/mol. The maximum Gasteiger partial charge on any atom is 0.0224 e. The van der Waals surface area contributed by atoms with Crippen LogP contribution in [0.3, 0.4) is 0 Å². The Bertz CT molecular complexity index is 429. The fourth-order valence-electron chi connectivity index (χ4n) is 3.71. The first-order chi connectivity index (χ1) is 9.24. The van der Waals surface area contributed by atoms with Gasteiger partial charge in [0.25, 0.3) is 0 Å². The summed E-state index contributed by atoms with van der Waals surface area (Å²) in [5, 5.41) is 0. The van der Waals surface area contributed by atoms with Gasteiger partial charge in [0.2, 0.25) is 0 Å². The molecule has 104 valence electrons. The molecule has 0 amide bonds. The number of nitrogens with zero attached hydrogens (tertiary/aromatic N) is 2. The molecule has 2 aliphatic heterocycles. The summed E-state index contributed by atoms with van der Waals surface area (Å²) in [5.41, 5.74) is 2.96. The Kier molecular flexibility index (Phi) is 3.90. The largest absolute Gasteiger partial charge is 0.298 e. The lowest BCUT2D eigenvalue weighted by atomic mass is 10.0. The molecule has 2 aliphatic rings. The SMILES string of the molecule is Cc1ccccc1CCN1CC2CCCN2CC1C. The second kappa shape index (κ2) is 5.64. The number of hydrogen-bond donors (Lipinski definition) is 0. The highest BCUT2D eigenvalue weighted by Crippen LogP contribution is 2.24. The molecule has 2 heterocycles. The first kappa shape index (κ1) is 13.1. The van der Waals surface area contributed by atoms with Crippen LogP contribution in [0, 0.1) is 6.92 Å². The standard InChI is InChI=1S/C17H26N2/c1-14-6-3-4-7-16(14)9-11-18-13-17-8-5-10-19(17)12-15(18)2/h3-4,6-7,15,17H,5,8-13H2,1-2H3. The van der Waals surface area contributed by atoms with E-state index in [0.29, 0.717) is 0 Å². The van der Waals surface area contributed by atoms with Crippen LogP contribution in [0.1, 0.15) is 30.9 Å². The molecular formula is C17H26N2. The highest BCUT2D eigenvalue weighted by Gasteiger charge is 2.33. The van der Waals surface area contributed by atoms with Crippen molar-refractivity contribution in [1.82, 2.24) is 9.80 Å². The fraction of sp³-hybridized carbons (Fsp3) is 0.647. The number of aryl methyl sites for hydroxylation is 1. The van der Waals surface area contributed by atoms with Crippen molar-refractivity contribution in [2.75, 3.05) is 26.2 Å². The van der Waals surface area contributed by atoms with Gasteiger partial charge in [0.15, 0.2) is 0 Å². The minimum atomic E-state index is 0.721. The second-order valence-corrected chi connectivity index (χ2v) is 6.31. The average Bonchev–Trinajstić information content (AvgIpc) is 2.84. The third-order valence-corrected chi connectivity index (χ3v) is 5.00. The van der Waals surface area contributed by atoms with Crippen LogP contribution in [-0.2, 0) is 6.42 Å². The zero-order valence-electron chi connectivity index (χ0n) is 12.3. The summed E-state index contributed by atoms with van der Waals surface area (Å²) in [7, 11) is 0. The average molecular weight is 258 g/mol. The van der Waals surface area contributed by atoms with Crippen molar-refractivity contribution in [3.05, 3.63) is 35.4 Å². The van der Waals surface area contributed by atoms with Gasteiger partial charge in [-0.3, -0.25) is 9.80 Å². The second-order valence-electron chi connectivity index (χ2n) is 6.31. The molecule has 2 heteroatoms. The number of fused-ring (bicyclic) bond motifs is 1. The molecule has 2 unspecified atom stereocenters. The van der Waals surface area contributed by atoms with E-state index in [1.54, 1.807) is 0 Å². The van der Waals surface area contributed by atoms with Crippen molar-refractivity contribution < 1.29 is 0 Å². The zero-order chi connectivity index (χ0) is 13.2. The normalized spacial score (nSPS) is 28.5. The van der Waals surface area contributed by atoms with E-state index in [2.05, 4.69) is 47.9 Å². The van der Waals surface area contributed by atoms with Crippen molar-refractivity contribution in [2.45, 2.75) is 45.2 Å². The van der Waals surface area contributed by atoms with E-state index in [1.807, 2.05) is 0 Å². The van der Waals surface area contributed by atoms with Gasteiger partial charge in [0.1, 0.15) is 0 Å². The van der Waals surface area contributed by atoms with Gasteiger partial charge in [-0.1, -0.05) is 24.3 Å². The van der Waals surface area contributed by atoms with Gasteiger partial charge < -0.3 is 0 Å². The molecule has 2 atom stereocenters. The molecule has 1 aromatic rings. The summed E-state index contributed by atoms with van der Waals surface area (Å²) in [6.07, 6.45) is 4.01. The summed E-state index contributed by atoms with van der Waals surface area (Å²) < 4.78 is 0. The Morgan fingerprint density at radius 2 is 2.05 bits per heavy atom. The predicted octanol–water partition coefficient (Wildman–Crippen LogP) is 2.71. The molecule has 1 aromatic carbocycles. The molecule has 0 aromatic heterocycles. The molecule has 2 saturated heterocycles. The summed E-state index contributed by atoms with van der Waals surface area (Å²) in [5.74, 6) is 0. The first-order valence-corrected chi connectivity index (χ1v) is 7.76. The highest BCUT2D eigenvalue weighted by molar-refractivity contribution is 5.25. The van der Waals surface area contributed by atoms with Gasteiger partial charge in [-0.15, -0.1) is 0 Å². The number of piperazine rings is 1. The van der Waals surface area contributed by atoms with Crippen molar-refractivity contribution in [3.63, 3.8) is 0 Å². The lowest BCUT2D eigenvalue weighted by Gasteiger charge is -2.42. The first-order valence-electron chi connectivity index (χ1n) is 7.76. The van der Waals surface area contributed by atoms with Crippen LogP contribution in [0.15, 0.2) is 24.3 Å². The maximum absolute atomic E-state index is 2.71. The van der Waals surface area contributed by atoms with Crippen LogP contribution < -0.4 is 0 Å². The summed E-state index contributed by atoms with van der Waals surface area (Å²) >= 11 is 0. The summed E-state index contributed by atoms with van der Waals surface area (Å²) in [4.78, 5) is 5.41. The van der Waals surface area contributed by atoms with Gasteiger partial charge in [0, 0.05) is 31.7 Å². The molecule has 3 rings (SSSR count). The Morgan fingerprint density at radius 1 is 1.21 bits per heavy atom. The van der Waals surface area contributed by atoms with Gasteiger partial charge >= 0.3 is 0 Å². The minimum absolute atomic E-state index is 0.721. The topological polar surface area (TPSA) is 6.48 Å². The van der Waals surface area contributed by atoms with Crippen LogP contribution >= 0.6 is 0 Å². The highest BCUT2D eigenvalue weighted by atomic mass is 15.3. The van der Waals surface area contributed by atoms with Crippen LogP contribution in [0.4, 0.5) is 0 Å². The molecule has 2 fully saturated rings. The molecule has 0 radical (unpaired) electrons. The molecule has 2 nitrogen and oxygen atoms in total. The van der Waals surface area contributed by atoms with E-state index in [-0.39, 0.29) is 0 Å². The Hall–Kier alpha value is -0.860. The van der Waals surface area contributed by atoms with Crippen molar-refractivity contribution in [1.29, 1.82) is 0 Å².